The molecule has 3 atom stereocenters. The van der Waals surface area contributed by atoms with Crippen molar-refractivity contribution < 1.29 is 30.1 Å². The summed E-state index contributed by atoms with van der Waals surface area (Å²) in [5.74, 6) is -1.43. The van der Waals surface area contributed by atoms with Crippen molar-refractivity contribution in [2.24, 2.45) is 0 Å². The van der Waals surface area contributed by atoms with Gasteiger partial charge in [-0.25, -0.2) is 9.59 Å². The zero-order valence-corrected chi connectivity index (χ0v) is 11.3. The predicted molar refractivity (Wildman–Crippen MR) is 72.2 cm³/mol. The Hall–Kier alpha value is -2.27. The fourth-order valence-electron chi connectivity index (χ4n) is 2.11. The molecule has 2 rings (SSSR count). The lowest BCUT2D eigenvalue weighted by molar-refractivity contribution is -0.131. The first-order valence-electron chi connectivity index (χ1n) is 6.35. The van der Waals surface area contributed by atoms with Gasteiger partial charge in [-0.05, 0) is 6.08 Å². The number of aliphatic carboxylic acids is 1. The largest absolute Gasteiger partial charge is 0.478 e. The average molecular weight is 313 g/mol. The number of aromatic nitrogens is 2. The molecule has 1 fully saturated rings. The summed E-state index contributed by atoms with van der Waals surface area (Å²) in [4.78, 5) is 26.0. The minimum atomic E-state index is -1.21. The molecule has 120 valence electrons. The summed E-state index contributed by atoms with van der Waals surface area (Å²) in [5, 5.41) is 36.3. The zero-order valence-electron chi connectivity index (χ0n) is 11.3. The monoisotopic (exact) mass is 313 g/mol. The van der Waals surface area contributed by atoms with Gasteiger partial charge in [0.2, 0.25) is 0 Å². The van der Waals surface area contributed by atoms with Crippen LogP contribution in [0, 0.1) is 0 Å². The molecule has 0 aromatic carbocycles. The van der Waals surface area contributed by atoms with Gasteiger partial charge in [-0.15, -0.1) is 0 Å². The number of carboxylic acid groups (broad SMARTS) is 1. The van der Waals surface area contributed by atoms with Crippen molar-refractivity contribution in [2.45, 2.75) is 24.9 Å². The molecule has 1 aliphatic rings. The van der Waals surface area contributed by atoms with E-state index in [-0.39, 0.29) is 17.8 Å². The highest BCUT2D eigenvalue weighted by Gasteiger charge is 2.35. The maximum absolute atomic E-state index is 11.9. The highest BCUT2D eigenvalue weighted by molar-refractivity contribution is 5.86. The molecule has 10 nitrogen and oxygen atoms in total. The second-order valence-corrected chi connectivity index (χ2v) is 4.63. The molecule has 1 saturated heterocycles. The average Bonchev–Trinajstić information content (AvgIpc) is 2.86. The van der Waals surface area contributed by atoms with Gasteiger partial charge in [-0.3, -0.25) is 15.3 Å². The Balaban J connectivity index is 2.38. The number of aliphatic hydroxyl groups is 2. The lowest BCUT2D eigenvalue weighted by Gasteiger charge is -2.15. The van der Waals surface area contributed by atoms with Crippen LogP contribution in [0.3, 0.4) is 0 Å². The second kappa shape index (κ2) is 6.66. The number of carboxylic acids is 1. The van der Waals surface area contributed by atoms with Gasteiger partial charge in [0.25, 0.3) is 0 Å². The van der Waals surface area contributed by atoms with E-state index in [4.69, 9.17) is 20.2 Å². The number of nitrogens with zero attached hydrogens (tertiary/aromatic N) is 2. The Bertz CT molecular complexity index is 642. The van der Waals surface area contributed by atoms with Gasteiger partial charge in [0.05, 0.1) is 12.7 Å². The van der Waals surface area contributed by atoms with Crippen LogP contribution in [0.5, 0.6) is 0 Å². The first kappa shape index (κ1) is 16.1. The van der Waals surface area contributed by atoms with Crippen molar-refractivity contribution in [3.8, 4) is 0 Å². The number of ether oxygens (including phenoxy) is 1. The molecule has 1 aliphatic heterocycles. The van der Waals surface area contributed by atoms with Crippen molar-refractivity contribution in [3.63, 3.8) is 0 Å². The first-order valence-corrected chi connectivity index (χ1v) is 6.35. The molecule has 0 amide bonds. The smallest absolute Gasteiger partial charge is 0.351 e. The molecular weight excluding hydrogens is 298 g/mol. The van der Waals surface area contributed by atoms with Crippen LogP contribution in [0.4, 0.5) is 5.82 Å². The van der Waals surface area contributed by atoms with E-state index in [9.17, 15) is 14.7 Å². The van der Waals surface area contributed by atoms with E-state index in [0.29, 0.717) is 0 Å². The number of nitrogens with one attached hydrogen (secondary N) is 1. The maximum Gasteiger partial charge on any atom is 0.351 e. The molecule has 5 N–H and O–H groups in total. The molecule has 0 saturated carbocycles. The minimum Gasteiger partial charge on any atom is -0.478 e. The highest BCUT2D eigenvalue weighted by Crippen LogP contribution is 2.28. The van der Waals surface area contributed by atoms with Gasteiger partial charge < -0.3 is 20.1 Å². The van der Waals surface area contributed by atoms with Crippen LogP contribution in [-0.4, -0.2) is 54.9 Å². The molecule has 10 heteroatoms. The second-order valence-electron chi connectivity index (χ2n) is 4.63. The van der Waals surface area contributed by atoms with E-state index >= 15 is 0 Å². The van der Waals surface area contributed by atoms with E-state index in [1.54, 1.807) is 5.48 Å². The molecule has 0 spiro atoms. The van der Waals surface area contributed by atoms with Crippen molar-refractivity contribution in [3.05, 3.63) is 28.3 Å². The van der Waals surface area contributed by atoms with Gasteiger partial charge in [-0.1, -0.05) is 0 Å². The van der Waals surface area contributed by atoms with Gasteiger partial charge in [0, 0.05) is 24.3 Å². The standard InChI is InChI=1S/C12H15N3O7/c16-5-8-7(17)3-9(22-8)15-4-6(1-2-10(18)19)11(14-21)13-12(15)20/h1-2,4,7-9,16-17,21H,3,5H2,(H,18,19)(H,13,14,20)/t7-,8+,9+/m0/s1. The lowest BCUT2D eigenvalue weighted by atomic mass is 10.2. The summed E-state index contributed by atoms with van der Waals surface area (Å²) in [6, 6.07) is 0. The maximum atomic E-state index is 11.9. The van der Waals surface area contributed by atoms with Crippen molar-refractivity contribution in [2.75, 3.05) is 12.1 Å². The van der Waals surface area contributed by atoms with Gasteiger partial charge >= 0.3 is 11.7 Å². The van der Waals surface area contributed by atoms with E-state index in [1.165, 1.54) is 6.20 Å². The van der Waals surface area contributed by atoms with Crippen LogP contribution in [0.2, 0.25) is 0 Å². The Kier molecular flexibility index (Phi) is 4.88. The summed E-state index contributed by atoms with van der Waals surface area (Å²) >= 11 is 0. The van der Waals surface area contributed by atoms with Crippen molar-refractivity contribution >= 4 is 17.9 Å². The zero-order chi connectivity index (χ0) is 16.3. The SMILES string of the molecule is O=C(O)C=Cc1cn([C@H]2C[C@H](O)[C@@H](CO)O2)c(=O)nc1NO. The normalized spacial score (nSPS) is 24.8. The quantitative estimate of drug-likeness (QED) is 0.332. The van der Waals surface area contributed by atoms with Crippen molar-refractivity contribution in [1.82, 2.24) is 9.55 Å². The molecule has 1 aromatic rings. The molecule has 1 aromatic heterocycles. The molecule has 0 bridgehead atoms. The van der Waals surface area contributed by atoms with E-state index in [1.807, 2.05) is 0 Å². The lowest BCUT2D eigenvalue weighted by Crippen LogP contribution is -2.28. The Labute approximate surface area is 123 Å². The van der Waals surface area contributed by atoms with E-state index in [2.05, 4.69) is 4.98 Å². The van der Waals surface area contributed by atoms with Crippen LogP contribution in [0.1, 0.15) is 18.2 Å². The summed E-state index contributed by atoms with van der Waals surface area (Å²) in [6.45, 7) is -0.401. The third-order valence-corrected chi connectivity index (χ3v) is 3.19. The van der Waals surface area contributed by atoms with Gasteiger partial charge in [-0.2, -0.15) is 4.98 Å². The van der Waals surface area contributed by atoms with E-state index in [0.717, 1.165) is 16.7 Å². The first-order chi connectivity index (χ1) is 10.5. The third-order valence-electron chi connectivity index (χ3n) is 3.19. The molecular formula is C12H15N3O7. The molecule has 0 unspecified atom stereocenters. The van der Waals surface area contributed by atoms with Crippen molar-refractivity contribution in [1.29, 1.82) is 0 Å². The van der Waals surface area contributed by atoms with Crippen LogP contribution in [0.25, 0.3) is 6.08 Å². The number of carbonyl (C=O) groups is 1. The Morgan fingerprint density at radius 3 is 2.86 bits per heavy atom. The van der Waals surface area contributed by atoms with Crippen LogP contribution < -0.4 is 11.2 Å². The third kappa shape index (κ3) is 3.31. The number of anilines is 1. The molecule has 22 heavy (non-hydrogen) atoms. The topological polar surface area (TPSA) is 154 Å². The molecule has 0 radical (unpaired) electrons. The van der Waals surface area contributed by atoms with Gasteiger partial charge in [0.15, 0.2) is 5.82 Å². The predicted octanol–water partition coefficient (Wildman–Crippen LogP) is -1.22. The van der Waals surface area contributed by atoms with Crippen LogP contribution in [-0.2, 0) is 9.53 Å². The molecule has 2 heterocycles. The fourth-order valence-corrected chi connectivity index (χ4v) is 2.11. The Morgan fingerprint density at radius 1 is 1.59 bits per heavy atom. The number of hydrogen-bond donors (Lipinski definition) is 5. The van der Waals surface area contributed by atoms with E-state index < -0.39 is 36.7 Å². The highest BCUT2D eigenvalue weighted by atomic mass is 16.5. The van der Waals surface area contributed by atoms with Gasteiger partial charge in [0.1, 0.15) is 12.3 Å². The molecule has 0 aliphatic carbocycles. The fraction of sp³-hybridized carbons (Fsp3) is 0.417. The summed E-state index contributed by atoms with van der Waals surface area (Å²) in [5.41, 5.74) is 1.08. The number of aliphatic hydroxyl groups excluding tert-OH is 2. The number of hydrogen-bond acceptors (Lipinski definition) is 8. The van der Waals surface area contributed by atoms with Crippen LogP contribution in [0.15, 0.2) is 17.1 Å². The Morgan fingerprint density at radius 2 is 2.32 bits per heavy atom. The summed E-state index contributed by atoms with van der Waals surface area (Å²) < 4.78 is 6.40. The van der Waals surface area contributed by atoms with Crippen LogP contribution >= 0.6 is 0 Å². The number of rotatable bonds is 5. The summed E-state index contributed by atoms with van der Waals surface area (Å²) in [7, 11) is 0. The minimum absolute atomic E-state index is 0.0702. The summed E-state index contributed by atoms with van der Waals surface area (Å²) in [6.07, 6.45) is 0.662.